The van der Waals surface area contributed by atoms with E-state index >= 15 is 0 Å². The number of aromatic nitrogens is 2. The first-order valence-electron chi connectivity index (χ1n) is 5.15. The number of aryl methyl sites for hydroxylation is 1. The molecule has 0 radical (unpaired) electrons. The smallest absolute Gasteiger partial charge is 0.152 e. The van der Waals surface area contributed by atoms with E-state index in [9.17, 15) is 5.11 Å². The number of hydrogen-bond acceptors (Lipinski definition) is 3. The van der Waals surface area contributed by atoms with Gasteiger partial charge in [-0.1, -0.05) is 0 Å². The second-order valence-electron chi connectivity index (χ2n) is 3.84. The van der Waals surface area contributed by atoms with Gasteiger partial charge < -0.3 is 9.52 Å². The fourth-order valence-electron chi connectivity index (χ4n) is 2.15. The second-order valence-corrected chi connectivity index (χ2v) is 3.84. The van der Waals surface area contributed by atoms with E-state index in [4.69, 9.17) is 4.42 Å². The molecule has 2 aromatic rings. The average Bonchev–Trinajstić information content (AvgIpc) is 2.85. The number of aliphatic hydroxyl groups is 1. The number of rotatable bonds is 1. The molecule has 0 saturated carbocycles. The molecule has 15 heavy (non-hydrogen) atoms. The maximum Gasteiger partial charge on any atom is 0.152 e. The van der Waals surface area contributed by atoms with Gasteiger partial charge in [0.15, 0.2) is 5.76 Å². The van der Waals surface area contributed by atoms with Crippen LogP contribution < -0.4 is 0 Å². The highest BCUT2D eigenvalue weighted by Crippen LogP contribution is 2.35. The molecule has 78 valence electrons. The summed E-state index contributed by atoms with van der Waals surface area (Å²) in [6, 6.07) is 3.70. The van der Waals surface area contributed by atoms with Crippen LogP contribution in [0.5, 0.6) is 0 Å². The number of hydrogen-bond donors (Lipinski definition) is 2. The van der Waals surface area contributed by atoms with Gasteiger partial charge in [0.05, 0.1) is 18.1 Å². The van der Waals surface area contributed by atoms with E-state index in [1.807, 2.05) is 12.1 Å². The van der Waals surface area contributed by atoms with Crippen LogP contribution >= 0.6 is 0 Å². The third kappa shape index (κ3) is 1.29. The minimum absolute atomic E-state index is 0.410. The number of fused-ring (bicyclic) bond motifs is 1. The third-order valence-electron chi connectivity index (χ3n) is 2.87. The molecule has 1 aliphatic rings. The summed E-state index contributed by atoms with van der Waals surface area (Å²) >= 11 is 0. The molecule has 3 rings (SSSR count). The monoisotopic (exact) mass is 204 g/mol. The van der Waals surface area contributed by atoms with Crippen LogP contribution in [0.2, 0.25) is 0 Å². The van der Waals surface area contributed by atoms with Crippen molar-refractivity contribution in [2.75, 3.05) is 0 Å². The quantitative estimate of drug-likeness (QED) is 0.747. The van der Waals surface area contributed by atoms with Gasteiger partial charge >= 0.3 is 0 Å². The standard InChI is InChI=1S/C11H12N2O2/c14-8-4-1-3-7-10(8)11(13-12-7)9-5-2-6-15-9/h2,5-6,8,14H,1,3-4H2,(H,12,13). The fraction of sp³-hybridized carbons (Fsp3) is 0.364. The van der Waals surface area contributed by atoms with Crippen LogP contribution in [0.15, 0.2) is 22.8 Å². The first-order valence-corrected chi connectivity index (χ1v) is 5.15. The van der Waals surface area contributed by atoms with Gasteiger partial charge in [0.2, 0.25) is 0 Å². The zero-order valence-electron chi connectivity index (χ0n) is 8.23. The molecule has 2 heterocycles. The van der Waals surface area contributed by atoms with Crippen LogP contribution in [-0.2, 0) is 6.42 Å². The van der Waals surface area contributed by atoms with E-state index < -0.39 is 6.10 Å². The summed E-state index contributed by atoms with van der Waals surface area (Å²) in [6.07, 6.45) is 3.95. The van der Waals surface area contributed by atoms with Gasteiger partial charge in [-0.05, 0) is 31.4 Å². The van der Waals surface area contributed by atoms with Crippen molar-refractivity contribution in [3.05, 3.63) is 29.7 Å². The molecule has 0 aromatic carbocycles. The lowest BCUT2D eigenvalue weighted by molar-refractivity contribution is 0.157. The number of aromatic amines is 1. The van der Waals surface area contributed by atoms with Gasteiger partial charge in [0.25, 0.3) is 0 Å². The van der Waals surface area contributed by atoms with Gasteiger partial charge in [0, 0.05) is 5.56 Å². The minimum atomic E-state index is -0.410. The van der Waals surface area contributed by atoms with Gasteiger partial charge in [-0.3, -0.25) is 5.10 Å². The second kappa shape index (κ2) is 3.24. The summed E-state index contributed by atoms with van der Waals surface area (Å²) in [5.74, 6) is 0.740. The predicted molar refractivity (Wildman–Crippen MR) is 54.2 cm³/mol. The molecule has 2 aromatic heterocycles. The maximum absolute atomic E-state index is 9.93. The Bertz CT molecular complexity index is 459. The molecule has 0 aliphatic heterocycles. The number of nitrogens with one attached hydrogen (secondary N) is 1. The Balaban J connectivity index is 2.14. The molecule has 0 amide bonds. The van der Waals surface area contributed by atoms with Crippen molar-refractivity contribution in [2.45, 2.75) is 25.4 Å². The molecular weight excluding hydrogens is 192 g/mol. The SMILES string of the molecule is OC1CCCc2n[nH]c(-c3ccco3)c21. The van der Waals surface area contributed by atoms with Crippen molar-refractivity contribution in [1.29, 1.82) is 0 Å². The topological polar surface area (TPSA) is 62.1 Å². The first-order chi connectivity index (χ1) is 7.36. The summed E-state index contributed by atoms with van der Waals surface area (Å²) in [7, 11) is 0. The molecule has 0 saturated heterocycles. The number of aliphatic hydroxyl groups excluding tert-OH is 1. The van der Waals surface area contributed by atoms with Crippen molar-refractivity contribution >= 4 is 0 Å². The lowest BCUT2D eigenvalue weighted by atomic mass is 9.92. The van der Waals surface area contributed by atoms with Crippen LogP contribution in [0.25, 0.3) is 11.5 Å². The van der Waals surface area contributed by atoms with Gasteiger partial charge in [-0.15, -0.1) is 0 Å². The van der Waals surface area contributed by atoms with Crippen molar-refractivity contribution in [3.63, 3.8) is 0 Å². The Kier molecular flexibility index (Phi) is 1.89. The third-order valence-corrected chi connectivity index (χ3v) is 2.87. The van der Waals surface area contributed by atoms with Crippen LogP contribution in [-0.4, -0.2) is 15.3 Å². The van der Waals surface area contributed by atoms with Crippen molar-refractivity contribution in [2.24, 2.45) is 0 Å². The van der Waals surface area contributed by atoms with E-state index in [1.54, 1.807) is 6.26 Å². The summed E-state index contributed by atoms with van der Waals surface area (Å²) in [5, 5.41) is 17.1. The maximum atomic E-state index is 9.93. The molecule has 1 unspecified atom stereocenters. The highest BCUT2D eigenvalue weighted by Gasteiger charge is 2.25. The highest BCUT2D eigenvalue weighted by atomic mass is 16.3. The van der Waals surface area contributed by atoms with Crippen LogP contribution in [0.3, 0.4) is 0 Å². The van der Waals surface area contributed by atoms with Crippen molar-refractivity contribution in [3.8, 4) is 11.5 Å². The zero-order valence-corrected chi connectivity index (χ0v) is 8.23. The molecule has 0 spiro atoms. The van der Waals surface area contributed by atoms with E-state index in [1.165, 1.54) is 0 Å². The largest absolute Gasteiger partial charge is 0.463 e. The number of H-pyrrole nitrogens is 1. The Morgan fingerprint density at radius 3 is 3.27 bits per heavy atom. The number of nitrogens with zero attached hydrogens (tertiary/aromatic N) is 1. The van der Waals surface area contributed by atoms with Gasteiger partial charge in [0.1, 0.15) is 5.69 Å². The normalized spacial score (nSPS) is 20.2. The summed E-state index contributed by atoms with van der Waals surface area (Å²) in [5.41, 5.74) is 2.71. The molecule has 1 atom stereocenters. The van der Waals surface area contributed by atoms with Crippen LogP contribution in [0.1, 0.15) is 30.2 Å². The van der Waals surface area contributed by atoms with E-state index in [0.29, 0.717) is 0 Å². The van der Waals surface area contributed by atoms with Crippen molar-refractivity contribution < 1.29 is 9.52 Å². The number of furan rings is 1. The molecule has 1 aliphatic carbocycles. The molecular formula is C11H12N2O2. The van der Waals surface area contributed by atoms with E-state index in [-0.39, 0.29) is 0 Å². The lowest BCUT2D eigenvalue weighted by Gasteiger charge is -2.16. The molecule has 0 bridgehead atoms. The Morgan fingerprint density at radius 1 is 1.53 bits per heavy atom. The van der Waals surface area contributed by atoms with E-state index in [0.717, 1.165) is 42.0 Å². The predicted octanol–water partition coefficient (Wildman–Crippen LogP) is 2.04. The first kappa shape index (κ1) is 8.73. The minimum Gasteiger partial charge on any atom is -0.463 e. The van der Waals surface area contributed by atoms with Crippen molar-refractivity contribution in [1.82, 2.24) is 10.2 Å². The molecule has 4 heteroatoms. The summed E-state index contributed by atoms with van der Waals surface area (Å²) in [6.45, 7) is 0. The summed E-state index contributed by atoms with van der Waals surface area (Å²) < 4.78 is 5.31. The Morgan fingerprint density at radius 2 is 2.47 bits per heavy atom. The van der Waals surface area contributed by atoms with Crippen LogP contribution in [0.4, 0.5) is 0 Å². The zero-order chi connectivity index (χ0) is 10.3. The van der Waals surface area contributed by atoms with Gasteiger partial charge in [-0.2, -0.15) is 5.10 Å². The lowest BCUT2D eigenvalue weighted by Crippen LogP contribution is -2.08. The Labute approximate surface area is 86.9 Å². The fourth-order valence-corrected chi connectivity index (χ4v) is 2.15. The highest BCUT2D eigenvalue weighted by molar-refractivity contribution is 5.59. The Hall–Kier alpha value is -1.55. The molecule has 2 N–H and O–H groups in total. The molecule has 4 nitrogen and oxygen atoms in total. The van der Waals surface area contributed by atoms with Gasteiger partial charge in [-0.25, -0.2) is 0 Å². The molecule has 0 fully saturated rings. The summed E-state index contributed by atoms with van der Waals surface area (Å²) in [4.78, 5) is 0. The average molecular weight is 204 g/mol. The van der Waals surface area contributed by atoms with E-state index in [2.05, 4.69) is 10.2 Å². The van der Waals surface area contributed by atoms with Crippen LogP contribution in [0, 0.1) is 0 Å².